The molecule has 4 N–H and O–H groups in total. The SMILES string of the molecule is C[C@@H](O)CNC(=O)c1ccc(C(=O)NC[C@@H](C)O)cc1. The zero-order valence-corrected chi connectivity index (χ0v) is 11.6. The molecule has 0 saturated heterocycles. The lowest BCUT2D eigenvalue weighted by molar-refractivity contribution is 0.0914. The highest BCUT2D eigenvalue weighted by atomic mass is 16.3. The molecule has 110 valence electrons. The fourth-order valence-electron chi connectivity index (χ4n) is 1.46. The van der Waals surface area contributed by atoms with E-state index >= 15 is 0 Å². The number of carbonyl (C=O) groups is 2. The number of nitrogens with one attached hydrogen (secondary N) is 2. The van der Waals surface area contributed by atoms with Crippen LogP contribution in [0.2, 0.25) is 0 Å². The van der Waals surface area contributed by atoms with Gasteiger partial charge in [0.05, 0.1) is 12.2 Å². The smallest absolute Gasteiger partial charge is 0.251 e. The average molecular weight is 280 g/mol. The van der Waals surface area contributed by atoms with Crippen molar-refractivity contribution in [1.82, 2.24) is 10.6 Å². The number of aliphatic hydroxyl groups excluding tert-OH is 2. The minimum Gasteiger partial charge on any atom is -0.392 e. The van der Waals surface area contributed by atoms with Crippen LogP contribution < -0.4 is 10.6 Å². The highest BCUT2D eigenvalue weighted by molar-refractivity contribution is 5.97. The summed E-state index contributed by atoms with van der Waals surface area (Å²) in [5, 5.41) is 23.3. The van der Waals surface area contributed by atoms with Gasteiger partial charge < -0.3 is 20.8 Å². The third-order valence-electron chi connectivity index (χ3n) is 2.53. The van der Waals surface area contributed by atoms with Crippen LogP contribution >= 0.6 is 0 Å². The Balaban J connectivity index is 2.59. The van der Waals surface area contributed by atoms with Crippen molar-refractivity contribution < 1.29 is 19.8 Å². The molecular weight excluding hydrogens is 260 g/mol. The summed E-state index contributed by atoms with van der Waals surface area (Å²) in [6.45, 7) is 3.51. The van der Waals surface area contributed by atoms with Crippen LogP contribution in [-0.2, 0) is 0 Å². The Morgan fingerprint density at radius 1 is 0.900 bits per heavy atom. The topological polar surface area (TPSA) is 98.7 Å². The summed E-state index contributed by atoms with van der Waals surface area (Å²) in [7, 11) is 0. The summed E-state index contributed by atoms with van der Waals surface area (Å²) in [6, 6.07) is 6.15. The fourth-order valence-corrected chi connectivity index (χ4v) is 1.46. The summed E-state index contributed by atoms with van der Waals surface area (Å²) in [6.07, 6.45) is -1.21. The molecular formula is C14H20N2O4. The summed E-state index contributed by atoms with van der Waals surface area (Å²) in [5.74, 6) is -0.608. The first-order chi connectivity index (χ1) is 9.40. The molecule has 1 aromatic carbocycles. The molecule has 0 aliphatic rings. The van der Waals surface area contributed by atoms with E-state index in [1.807, 2.05) is 0 Å². The Kier molecular flexibility index (Phi) is 6.14. The van der Waals surface area contributed by atoms with Gasteiger partial charge in [-0.3, -0.25) is 9.59 Å². The molecule has 20 heavy (non-hydrogen) atoms. The molecule has 0 aliphatic heterocycles. The summed E-state index contributed by atoms with van der Waals surface area (Å²) in [4.78, 5) is 23.4. The van der Waals surface area contributed by atoms with Crippen LogP contribution in [0, 0.1) is 0 Å². The monoisotopic (exact) mass is 280 g/mol. The van der Waals surface area contributed by atoms with E-state index in [0.717, 1.165) is 0 Å². The minimum atomic E-state index is -0.607. The van der Waals surface area contributed by atoms with Gasteiger partial charge in [0.15, 0.2) is 0 Å². The first-order valence-corrected chi connectivity index (χ1v) is 6.42. The maximum Gasteiger partial charge on any atom is 0.251 e. The van der Waals surface area contributed by atoms with E-state index in [2.05, 4.69) is 10.6 Å². The lowest BCUT2D eigenvalue weighted by atomic mass is 10.1. The molecule has 6 nitrogen and oxygen atoms in total. The molecule has 0 radical (unpaired) electrons. The Bertz CT molecular complexity index is 412. The predicted octanol–water partition coefficient (Wildman–Crippen LogP) is -0.0922. The van der Waals surface area contributed by atoms with E-state index in [9.17, 15) is 9.59 Å². The summed E-state index contributed by atoms with van der Waals surface area (Å²) >= 11 is 0. The van der Waals surface area contributed by atoms with Crippen molar-refractivity contribution >= 4 is 11.8 Å². The third kappa shape index (κ3) is 5.38. The van der Waals surface area contributed by atoms with Crippen LogP contribution in [0.3, 0.4) is 0 Å². The molecule has 0 saturated carbocycles. The number of hydrogen-bond acceptors (Lipinski definition) is 4. The molecule has 0 heterocycles. The Labute approximate surface area is 117 Å². The van der Waals surface area contributed by atoms with Crippen molar-refractivity contribution in [1.29, 1.82) is 0 Å². The summed E-state index contributed by atoms with van der Waals surface area (Å²) < 4.78 is 0. The molecule has 2 atom stereocenters. The van der Waals surface area contributed by atoms with Crippen LogP contribution in [0.4, 0.5) is 0 Å². The fraction of sp³-hybridized carbons (Fsp3) is 0.429. The molecule has 0 spiro atoms. The van der Waals surface area contributed by atoms with E-state index < -0.39 is 12.2 Å². The van der Waals surface area contributed by atoms with Crippen LogP contribution in [0.1, 0.15) is 34.6 Å². The number of amides is 2. The predicted molar refractivity (Wildman–Crippen MR) is 74.5 cm³/mol. The second-order valence-electron chi connectivity index (χ2n) is 4.70. The number of hydrogen-bond donors (Lipinski definition) is 4. The molecule has 0 unspecified atom stereocenters. The minimum absolute atomic E-state index is 0.176. The van der Waals surface area contributed by atoms with Gasteiger partial charge in [-0.1, -0.05) is 0 Å². The first kappa shape index (κ1) is 16.1. The van der Waals surface area contributed by atoms with Crippen molar-refractivity contribution in [2.24, 2.45) is 0 Å². The second-order valence-corrected chi connectivity index (χ2v) is 4.70. The highest BCUT2D eigenvalue weighted by Crippen LogP contribution is 2.04. The quantitative estimate of drug-likeness (QED) is 0.585. The van der Waals surface area contributed by atoms with Gasteiger partial charge in [0.1, 0.15) is 0 Å². The number of aliphatic hydroxyl groups is 2. The van der Waals surface area contributed by atoms with Gasteiger partial charge >= 0.3 is 0 Å². The van der Waals surface area contributed by atoms with Crippen LogP contribution in [0.25, 0.3) is 0 Å². The molecule has 1 rings (SSSR count). The molecule has 0 aliphatic carbocycles. The van der Waals surface area contributed by atoms with Gasteiger partial charge in [0.25, 0.3) is 11.8 Å². The molecule has 2 amide bonds. The van der Waals surface area contributed by atoms with Gasteiger partial charge in [-0.05, 0) is 38.1 Å². The lowest BCUT2D eigenvalue weighted by Crippen LogP contribution is -2.31. The van der Waals surface area contributed by atoms with Gasteiger partial charge in [0.2, 0.25) is 0 Å². The standard InChI is InChI=1S/C14H20N2O4/c1-9(17)7-15-13(19)11-3-5-12(6-4-11)14(20)16-8-10(2)18/h3-6,9-10,17-18H,7-8H2,1-2H3,(H,15,19)(H,16,20)/t9-,10-/m1/s1. The highest BCUT2D eigenvalue weighted by Gasteiger charge is 2.09. The molecule has 0 fully saturated rings. The third-order valence-corrected chi connectivity index (χ3v) is 2.53. The Hall–Kier alpha value is -1.92. The van der Waals surface area contributed by atoms with Gasteiger partial charge in [-0.2, -0.15) is 0 Å². The van der Waals surface area contributed by atoms with Gasteiger partial charge in [-0.15, -0.1) is 0 Å². The van der Waals surface area contributed by atoms with Crippen molar-refractivity contribution in [3.63, 3.8) is 0 Å². The lowest BCUT2D eigenvalue weighted by Gasteiger charge is -2.09. The zero-order valence-electron chi connectivity index (χ0n) is 11.6. The average Bonchev–Trinajstić information content (AvgIpc) is 2.42. The van der Waals surface area contributed by atoms with Gasteiger partial charge in [-0.25, -0.2) is 0 Å². The number of rotatable bonds is 6. The maximum absolute atomic E-state index is 11.7. The van der Waals surface area contributed by atoms with E-state index in [1.165, 1.54) is 24.3 Å². The molecule has 0 bridgehead atoms. The van der Waals surface area contributed by atoms with Crippen LogP contribution in [-0.4, -0.2) is 47.3 Å². The second kappa shape index (κ2) is 7.62. The van der Waals surface area contributed by atoms with Crippen LogP contribution in [0.5, 0.6) is 0 Å². The Morgan fingerprint density at radius 3 is 1.45 bits per heavy atom. The van der Waals surface area contributed by atoms with E-state index in [0.29, 0.717) is 11.1 Å². The van der Waals surface area contributed by atoms with Crippen molar-refractivity contribution in [3.8, 4) is 0 Å². The van der Waals surface area contributed by atoms with Crippen LogP contribution in [0.15, 0.2) is 24.3 Å². The number of carbonyl (C=O) groups excluding carboxylic acids is 2. The molecule has 1 aromatic rings. The largest absolute Gasteiger partial charge is 0.392 e. The van der Waals surface area contributed by atoms with E-state index in [1.54, 1.807) is 13.8 Å². The van der Waals surface area contributed by atoms with Gasteiger partial charge in [0, 0.05) is 24.2 Å². The normalized spacial score (nSPS) is 13.4. The number of benzene rings is 1. The maximum atomic E-state index is 11.7. The summed E-state index contributed by atoms with van der Waals surface area (Å²) in [5.41, 5.74) is 0.829. The first-order valence-electron chi connectivity index (χ1n) is 6.42. The molecule has 6 heteroatoms. The zero-order chi connectivity index (χ0) is 15.1. The van der Waals surface area contributed by atoms with Crippen molar-refractivity contribution in [2.45, 2.75) is 26.1 Å². The van der Waals surface area contributed by atoms with Crippen molar-refractivity contribution in [2.75, 3.05) is 13.1 Å². The van der Waals surface area contributed by atoms with E-state index in [4.69, 9.17) is 10.2 Å². The van der Waals surface area contributed by atoms with E-state index in [-0.39, 0.29) is 24.9 Å². The Morgan fingerprint density at radius 2 is 1.20 bits per heavy atom. The van der Waals surface area contributed by atoms with Crippen molar-refractivity contribution in [3.05, 3.63) is 35.4 Å². The molecule has 0 aromatic heterocycles.